The van der Waals surface area contributed by atoms with Crippen molar-refractivity contribution >= 4 is 23.0 Å². The molecule has 0 amide bonds. The van der Waals surface area contributed by atoms with Gasteiger partial charge in [0.25, 0.3) is 0 Å². The van der Waals surface area contributed by atoms with Crippen LogP contribution < -0.4 is 10.6 Å². The molecule has 3 rings (SSSR count). The van der Waals surface area contributed by atoms with E-state index in [2.05, 4.69) is 58.7 Å². The Bertz CT molecular complexity index is 730. The number of thiocarbonyl (C=S) groups is 1. The van der Waals surface area contributed by atoms with Gasteiger partial charge in [-0.25, -0.2) is 4.39 Å². The summed E-state index contributed by atoms with van der Waals surface area (Å²) in [5.74, 6) is -0.257. The second-order valence-corrected chi connectivity index (χ2v) is 7.50. The summed E-state index contributed by atoms with van der Waals surface area (Å²) in [6, 6.07) is 17.1. The van der Waals surface area contributed by atoms with Gasteiger partial charge in [-0.2, -0.15) is 0 Å². The molecule has 0 bridgehead atoms. The Balaban J connectivity index is 1.69. The van der Waals surface area contributed by atoms with E-state index in [9.17, 15) is 4.39 Å². The number of rotatable bonds is 5. The van der Waals surface area contributed by atoms with Crippen LogP contribution in [0, 0.1) is 5.82 Å². The van der Waals surface area contributed by atoms with Gasteiger partial charge < -0.3 is 15.5 Å². The first kappa shape index (κ1) is 19.7. The predicted octanol–water partition coefficient (Wildman–Crippen LogP) is 3.49. The van der Waals surface area contributed by atoms with Gasteiger partial charge in [0.2, 0.25) is 0 Å². The maximum Gasteiger partial charge on any atom is 0.171 e. The molecular formula is C21H27FN4S. The van der Waals surface area contributed by atoms with E-state index in [0.717, 1.165) is 31.9 Å². The van der Waals surface area contributed by atoms with Crippen LogP contribution in [-0.4, -0.2) is 54.2 Å². The fraction of sp³-hybridized carbons (Fsp3) is 0.381. The molecule has 6 heteroatoms. The summed E-state index contributed by atoms with van der Waals surface area (Å²) in [6.07, 6.45) is 0. The zero-order valence-electron chi connectivity index (χ0n) is 15.9. The summed E-state index contributed by atoms with van der Waals surface area (Å²) in [6.45, 7) is 6.34. The Morgan fingerprint density at radius 2 is 1.63 bits per heavy atom. The summed E-state index contributed by atoms with van der Waals surface area (Å²) in [4.78, 5) is 4.88. The molecule has 0 saturated carbocycles. The lowest BCUT2D eigenvalue weighted by Gasteiger charge is -2.41. The van der Waals surface area contributed by atoms with E-state index in [4.69, 9.17) is 12.2 Å². The van der Waals surface area contributed by atoms with Crippen molar-refractivity contribution in [1.82, 2.24) is 15.1 Å². The number of likely N-dealkylation sites (N-methyl/N-ethyl adjacent to an activating group) is 1. The molecule has 2 aromatic carbocycles. The number of hydrogen-bond acceptors (Lipinski definition) is 3. The molecule has 27 heavy (non-hydrogen) atoms. The Labute approximate surface area is 166 Å². The van der Waals surface area contributed by atoms with Gasteiger partial charge in [-0.05, 0) is 56.0 Å². The van der Waals surface area contributed by atoms with Crippen LogP contribution in [0.3, 0.4) is 0 Å². The summed E-state index contributed by atoms with van der Waals surface area (Å²) in [5, 5.41) is 7.11. The standard InChI is InChI=1S/C21H27FN4S/c1-16(23-21(27)24-19-10-8-18(22)9-11-19)20(17-6-4-3-5-7-17)26-14-12-25(2)13-15-26/h3-11,16,20H,12-15H2,1-2H3,(H2,23,24,27)/t16-,20-/m0/s1. The molecule has 0 aliphatic carbocycles. The van der Waals surface area contributed by atoms with Crippen molar-refractivity contribution < 1.29 is 4.39 Å². The van der Waals surface area contributed by atoms with Crippen LogP contribution in [-0.2, 0) is 0 Å². The maximum absolute atomic E-state index is 13.1. The normalized spacial score (nSPS) is 17.9. The van der Waals surface area contributed by atoms with Crippen molar-refractivity contribution in [3.8, 4) is 0 Å². The molecule has 144 valence electrons. The van der Waals surface area contributed by atoms with Crippen molar-refractivity contribution in [2.24, 2.45) is 0 Å². The van der Waals surface area contributed by atoms with Crippen LogP contribution in [0.1, 0.15) is 18.5 Å². The zero-order chi connectivity index (χ0) is 19.2. The van der Waals surface area contributed by atoms with Gasteiger partial charge in [0.1, 0.15) is 5.82 Å². The van der Waals surface area contributed by atoms with E-state index in [1.807, 2.05) is 6.07 Å². The first-order chi connectivity index (χ1) is 13.0. The number of anilines is 1. The molecule has 4 nitrogen and oxygen atoms in total. The van der Waals surface area contributed by atoms with Crippen LogP contribution in [0.4, 0.5) is 10.1 Å². The van der Waals surface area contributed by atoms with Crippen molar-refractivity contribution in [3.63, 3.8) is 0 Å². The van der Waals surface area contributed by atoms with Crippen LogP contribution in [0.25, 0.3) is 0 Å². The fourth-order valence-electron chi connectivity index (χ4n) is 3.55. The fourth-order valence-corrected chi connectivity index (χ4v) is 3.86. The van der Waals surface area contributed by atoms with Gasteiger partial charge in [0, 0.05) is 37.9 Å². The quantitative estimate of drug-likeness (QED) is 0.768. The molecule has 0 radical (unpaired) electrons. The highest BCUT2D eigenvalue weighted by Crippen LogP contribution is 2.25. The Kier molecular flexibility index (Phi) is 6.77. The molecule has 1 fully saturated rings. The molecule has 1 aliphatic rings. The molecular weight excluding hydrogens is 359 g/mol. The molecule has 2 aromatic rings. The van der Waals surface area contributed by atoms with Crippen molar-refractivity contribution in [1.29, 1.82) is 0 Å². The number of nitrogens with one attached hydrogen (secondary N) is 2. The molecule has 0 spiro atoms. The Morgan fingerprint density at radius 3 is 2.26 bits per heavy atom. The lowest BCUT2D eigenvalue weighted by molar-refractivity contribution is 0.0973. The van der Waals surface area contributed by atoms with E-state index in [1.165, 1.54) is 17.7 Å². The lowest BCUT2D eigenvalue weighted by atomic mass is 9.98. The van der Waals surface area contributed by atoms with Gasteiger partial charge in [0.15, 0.2) is 5.11 Å². The summed E-state index contributed by atoms with van der Waals surface area (Å²) in [5.41, 5.74) is 2.06. The predicted molar refractivity (Wildman–Crippen MR) is 113 cm³/mol. The van der Waals surface area contributed by atoms with Crippen molar-refractivity contribution in [2.45, 2.75) is 19.0 Å². The van der Waals surface area contributed by atoms with Crippen LogP contribution in [0.5, 0.6) is 0 Å². The van der Waals surface area contributed by atoms with Gasteiger partial charge in [-0.15, -0.1) is 0 Å². The highest BCUT2D eigenvalue weighted by Gasteiger charge is 2.28. The van der Waals surface area contributed by atoms with E-state index >= 15 is 0 Å². The smallest absolute Gasteiger partial charge is 0.171 e. The Morgan fingerprint density at radius 1 is 1.00 bits per heavy atom. The van der Waals surface area contributed by atoms with Crippen LogP contribution in [0.15, 0.2) is 54.6 Å². The van der Waals surface area contributed by atoms with Crippen LogP contribution >= 0.6 is 12.2 Å². The van der Waals surface area contributed by atoms with Gasteiger partial charge >= 0.3 is 0 Å². The number of hydrogen-bond donors (Lipinski definition) is 2. The highest BCUT2D eigenvalue weighted by atomic mass is 32.1. The summed E-state index contributed by atoms with van der Waals surface area (Å²) < 4.78 is 13.1. The first-order valence-electron chi connectivity index (χ1n) is 9.33. The van der Waals surface area contributed by atoms with E-state index in [-0.39, 0.29) is 17.9 Å². The second kappa shape index (κ2) is 9.26. The SMILES string of the molecule is C[C@H](NC(=S)Nc1ccc(F)cc1)[C@@H](c1ccccc1)N1CCN(C)CC1. The minimum Gasteiger partial charge on any atom is -0.358 e. The van der Waals surface area contributed by atoms with Crippen molar-refractivity contribution in [3.05, 3.63) is 66.0 Å². The van der Waals surface area contributed by atoms with Gasteiger partial charge in [-0.1, -0.05) is 30.3 Å². The lowest BCUT2D eigenvalue weighted by Crippen LogP contribution is -2.52. The number of nitrogens with zero attached hydrogens (tertiary/aromatic N) is 2. The van der Waals surface area contributed by atoms with Crippen molar-refractivity contribution in [2.75, 3.05) is 38.5 Å². The van der Waals surface area contributed by atoms with Crippen LogP contribution in [0.2, 0.25) is 0 Å². The number of halogens is 1. The zero-order valence-corrected chi connectivity index (χ0v) is 16.7. The molecule has 2 N–H and O–H groups in total. The largest absolute Gasteiger partial charge is 0.358 e. The van der Waals surface area contributed by atoms with E-state index < -0.39 is 0 Å². The molecule has 0 aromatic heterocycles. The molecule has 0 unspecified atom stereocenters. The minimum absolute atomic E-state index is 0.122. The number of piperazine rings is 1. The monoisotopic (exact) mass is 386 g/mol. The van der Waals surface area contributed by atoms with E-state index in [1.54, 1.807) is 12.1 Å². The third kappa shape index (κ3) is 5.48. The topological polar surface area (TPSA) is 30.5 Å². The molecule has 1 aliphatic heterocycles. The maximum atomic E-state index is 13.1. The molecule has 2 atom stereocenters. The van der Waals surface area contributed by atoms with Gasteiger partial charge in [-0.3, -0.25) is 4.90 Å². The molecule has 1 heterocycles. The molecule has 1 saturated heterocycles. The number of benzene rings is 2. The van der Waals surface area contributed by atoms with E-state index in [0.29, 0.717) is 5.11 Å². The third-order valence-corrected chi connectivity index (χ3v) is 5.23. The second-order valence-electron chi connectivity index (χ2n) is 7.09. The minimum atomic E-state index is -0.257. The summed E-state index contributed by atoms with van der Waals surface area (Å²) >= 11 is 5.49. The average molecular weight is 387 g/mol. The highest BCUT2D eigenvalue weighted by molar-refractivity contribution is 7.80. The first-order valence-corrected chi connectivity index (χ1v) is 9.74. The van der Waals surface area contributed by atoms with Gasteiger partial charge in [0.05, 0.1) is 6.04 Å². The Hall–Kier alpha value is -2.02. The third-order valence-electron chi connectivity index (χ3n) is 5.01. The summed E-state index contributed by atoms with van der Waals surface area (Å²) in [7, 11) is 2.16. The average Bonchev–Trinajstić information content (AvgIpc) is 2.66.